The molecule has 0 saturated carbocycles. The summed E-state index contributed by atoms with van der Waals surface area (Å²) in [5.74, 6) is 0.594. The van der Waals surface area contributed by atoms with Gasteiger partial charge in [-0.1, -0.05) is 11.6 Å². The molecule has 0 aliphatic heterocycles. The third-order valence-corrected chi connectivity index (χ3v) is 3.06. The van der Waals surface area contributed by atoms with Gasteiger partial charge in [0.15, 0.2) is 0 Å². The summed E-state index contributed by atoms with van der Waals surface area (Å²) in [6, 6.07) is 0.285. The third-order valence-electron chi connectivity index (χ3n) is 2.13. The molecule has 1 rings (SSSR count). The molecule has 0 spiro atoms. The first-order valence-corrected chi connectivity index (χ1v) is 5.44. The number of hydrogen-bond donors (Lipinski definition) is 1. The second kappa shape index (κ2) is 5.01. The van der Waals surface area contributed by atoms with Crippen LogP contribution in [0, 0.1) is 6.92 Å². The lowest BCUT2D eigenvalue weighted by molar-refractivity contribution is 0.592. The normalized spacial score (nSPS) is 13.2. The van der Waals surface area contributed by atoms with Crippen LogP contribution >= 0.6 is 23.2 Å². The predicted molar refractivity (Wildman–Crippen MR) is 60.0 cm³/mol. The Morgan fingerprint density at radius 1 is 1.57 bits per heavy atom. The highest BCUT2D eigenvalue weighted by Crippen LogP contribution is 2.18. The summed E-state index contributed by atoms with van der Waals surface area (Å²) in [4.78, 5) is 0. The highest BCUT2D eigenvalue weighted by molar-refractivity contribution is 6.30. The van der Waals surface area contributed by atoms with Crippen molar-refractivity contribution in [3.63, 3.8) is 0 Å². The fourth-order valence-electron chi connectivity index (χ4n) is 1.21. The van der Waals surface area contributed by atoms with Crippen molar-refractivity contribution in [2.45, 2.75) is 26.4 Å². The number of nitrogens with zero attached hydrogens (tertiary/aromatic N) is 2. The van der Waals surface area contributed by atoms with E-state index in [9.17, 15) is 0 Å². The zero-order valence-electron chi connectivity index (χ0n) is 8.64. The molecule has 1 heterocycles. The lowest BCUT2D eigenvalue weighted by Gasteiger charge is -2.09. The molecule has 1 unspecified atom stereocenters. The number of hydrogen-bond acceptors (Lipinski definition) is 2. The van der Waals surface area contributed by atoms with E-state index in [4.69, 9.17) is 23.2 Å². The summed E-state index contributed by atoms with van der Waals surface area (Å²) in [6.07, 6.45) is 0. The van der Waals surface area contributed by atoms with Gasteiger partial charge in [0.25, 0.3) is 0 Å². The van der Waals surface area contributed by atoms with Crippen molar-refractivity contribution in [2.75, 3.05) is 5.88 Å². The molecule has 0 aromatic carbocycles. The van der Waals surface area contributed by atoms with Crippen LogP contribution in [-0.4, -0.2) is 21.7 Å². The molecule has 0 bridgehead atoms. The third kappa shape index (κ3) is 2.62. The van der Waals surface area contributed by atoms with Gasteiger partial charge >= 0.3 is 0 Å². The maximum atomic E-state index is 6.07. The van der Waals surface area contributed by atoms with E-state index >= 15 is 0 Å². The minimum atomic E-state index is 0.285. The van der Waals surface area contributed by atoms with Crippen LogP contribution in [0.15, 0.2) is 0 Å². The largest absolute Gasteiger partial charge is 0.309 e. The van der Waals surface area contributed by atoms with Crippen LogP contribution in [0.4, 0.5) is 0 Å². The molecule has 0 amide bonds. The van der Waals surface area contributed by atoms with Crippen LogP contribution in [0.25, 0.3) is 0 Å². The average molecular weight is 236 g/mol. The number of alkyl halides is 1. The van der Waals surface area contributed by atoms with Gasteiger partial charge in [-0.25, -0.2) is 0 Å². The van der Waals surface area contributed by atoms with Crippen molar-refractivity contribution in [1.29, 1.82) is 0 Å². The maximum absolute atomic E-state index is 6.07. The second-order valence-electron chi connectivity index (χ2n) is 3.41. The Balaban J connectivity index is 2.67. The van der Waals surface area contributed by atoms with Crippen molar-refractivity contribution < 1.29 is 0 Å². The molecule has 3 nitrogen and oxygen atoms in total. The van der Waals surface area contributed by atoms with Gasteiger partial charge in [-0.2, -0.15) is 5.10 Å². The molecular formula is C9H15Cl2N3. The number of aromatic nitrogens is 2. The van der Waals surface area contributed by atoms with Crippen molar-refractivity contribution >= 4 is 23.2 Å². The first-order valence-electron chi connectivity index (χ1n) is 4.53. The van der Waals surface area contributed by atoms with E-state index in [2.05, 4.69) is 10.4 Å². The summed E-state index contributed by atoms with van der Waals surface area (Å²) in [5.41, 5.74) is 2.01. The topological polar surface area (TPSA) is 29.9 Å². The Bertz CT molecular complexity index is 309. The zero-order chi connectivity index (χ0) is 10.7. The highest BCUT2D eigenvalue weighted by Gasteiger charge is 2.11. The number of nitrogens with one attached hydrogen (secondary N) is 1. The van der Waals surface area contributed by atoms with Crippen LogP contribution in [0.3, 0.4) is 0 Å². The fourth-order valence-corrected chi connectivity index (χ4v) is 1.56. The number of rotatable bonds is 4. The van der Waals surface area contributed by atoms with E-state index in [0.29, 0.717) is 17.6 Å². The molecule has 1 N–H and O–H groups in total. The van der Waals surface area contributed by atoms with Gasteiger partial charge in [0, 0.05) is 31.1 Å². The predicted octanol–water partition coefficient (Wildman–Crippen LogP) is 2.10. The lowest BCUT2D eigenvalue weighted by atomic mass is 10.2. The molecule has 1 aromatic heterocycles. The van der Waals surface area contributed by atoms with Crippen LogP contribution in [-0.2, 0) is 13.6 Å². The molecule has 5 heteroatoms. The lowest BCUT2D eigenvalue weighted by Crippen LogP contribution is -2.27. The SMILES string of the molecule is Cc1nn(C)c(Cl)c1CNC(C)CCl. The fraction of sp³-hybridized carbons (Fsp3) is 0.667. The van der Waals surface area contributed by atoms with Crippen LogP contribution in [0.2, 0.25) is 5.15 Å². The summed E-state index contributed by atoms with van der Waals surface area (Å²) >= 11 is 11.8. The molecule has 0 fully saturated rings. The van der Waals surface area contributed by atoms with Crippen LogP contribution in [0.5, 0.6) is 0 Å². The first kappa shape index (κ1) is 11.8. The Morgan fingerprint density at radius 2 is 2.21 bits per heavy atom. The van der Waals surface area contributed by atoms with Crippen molar-refractivity contribution in [3.8, 4) is 0 Å². The van der Waals surface area contributed by atoms with Gasteiger partial charge in [0.2, 0.25) is 0 Å². The quantitative estimate of drug-likeness (QED) is 0.811. The minimum absolute atomic E-state index is 0.285. The summed E-state index contributed by atoms with van der Waals surface area (Å²) < 4.78 is 1.68. The smallest absolute Gasteiger partial charge is 0.131 e. The van der Waals surface area contributed by atoms with Crippen LogP contribution in [0.1, 0.15) is 18.2 Å². The van der Waals surface area contributed by atoms with Gasteiger partial charge in [0.05, 0.1) is 5.69 Å². The zero-order valence-corrected chi connectivity index (χ0v) is 10.2. The van der Waals surface area contributed by atoms with E-state index < -0.39 is 0 Å². The molecule has 80 valence electrons. The van der Waals surface area contributed by atoms with Crippen molar-refractivity contribution in [2.24, 2.45) is 7.05 Å². The van der Waals surface area contributed by atoms with Gasteiger partial charge in [0.1, 0.15) is 5.15 Å². The van der Waals surface area contributed by atoms with Gasteiger partial charge in [-0.15, -0.1) is 11.6 Å². The first-order chi connectivity index (χ1) is 6.56. The van der Waals surface area contributed by atoms with Crippen molar-refractivity contribution in [3.05, 3.63) is 16.4 Å². The van der Waals surface area contributed by atoms with Gasteiger partial charge in [-0.05, 0) is 13.8 Å². The minimum Gasteiger partial charge on any atom is -0.309 e. The molecule has 0 saturated heterocycles. The Kier molecular flexibility index (Phi) is 4.23. The van der Waals surface area contributed by atoms with E-state index in [0.717, 1.165) is 11.3 Å². The van der Waals surface area contributed by atoms with Gasteiger partial charge < -0.3 is 5.32 Å². The van der Waals surface area contributed by atoms with Crippen LogP contribution < -0.4 is 5.32 Å². The van der Waals surface area contributed by atoms with Gasteiger partial charge in [-0.3, -0.25) is 4.68 Å². The average Bonchev–Trinajstić information content (AvgIpc) is 2.39. The Hall–Kier alpha value is -0.250. The number of halogens is 2. The second-order valence-corrected chi connectivity index (χ2v) is 4.08. The Labute approximate surface area is 94.4 Å². The van der Waals surface area contributed by atoms with E-state index in [1.165, 1.54) is 0 Å². The summed E-state index contributed by atoms with van der Waals surface area (Å²) in [7, 11) is 1.84. The molecule has 0 radical (unpaired) electrons. The molecule has 14 heavy (non-hydrogen) atoms. The van der Waals surface area contributed by atoms with E-state index in [1.54, 1.807) is 4.68 Å². The molecular weight excluding hydrogens is 221 g/mol. The van der Waals surface area contributed by atoms with Crippen molar-refractivity contribution in [1.82, 2.24) is 15.1 Å². The summed E-state index contributed by atoms with van der Waals surface area (Å²) in [5, 5.41) is 8.19. The van der Waals surface area contributed by atoms with E-state index in [1.807, 2.05) is 20.9 Å². The standard InChI is InChI=1S/C9H15Cl2N3/c1-6(4-10)12-5-8-7(2)13-14(3)9(8)11/h6,12H,4-5H2,1-3H3. The molecule has 1 atom stereocenters. The maximum Gasteiger partial charge on any atom is 0.131 e. The molecule has 1 aromatic rings. The van der Waals surface area contributed by atoms with E-state index in [-0.39, 0.29) is 6.04 Å². The number of aryl methyl sites for hydroxylation is 2. The molecule has 0 aliphatic carbocycles. The Morgan fingerprint density at radius 3 is 2.64 bits per heavy atom. The molecule has 0 aliphatic rings. The monoisotopic (exact) mass is 235 g/mol. The highest BCUT2D eigenvalue weighted by atomic mass is 35.5. The summed E-state index contributed by atoms with van der Waals surface area (Å²) in [6.45, 7) is 4.70.